The van der Waals surface area contributed by atoms with Crippen molar-refractivity contribution in [2.24, 2.45) is 5.41 Å². The molecule has 0 fully saturated rings. The fourth-order valence-corrected chi connectivity index (χ4v) is 1.97. The van der Waals surface area contributed by atoms with Crippen LogP contribution in [0.25, 0.3) is 0 Å². The molecule has 2 rings (SSSR count). The molecule has 0 spiro atoms. The predicted octanol–water partition coefficient (Wildman–Crippen LogP) is 3.24. The summed E-state index contributed by atoms with van der Waals surface area (Å²) in [6, 6.07) is 5.87. The molecule has 0 aromatic heterocycles. The molecule has 0 saturated heterocycles. The quantitative estimate of drug-likeness (QED) is 0.676. The SMILES string of the molecule is CC(C)(C)C(=O)c1cccc2c1OCCC2. The Balaban J connectivity index is 2.46. The lowest BCUT2D eigenvalue weighted by atomic mass is 9.85. The molecule has 1 heterocycles. The van der Waals surface area contributed by atoms with E-state index < -0.39 is 0 Å². The Bertz CT molecular complexity index is 413. The number of rotatable bonds is 1. The van der Waals surface area contributed by atoms with E-state index in [1.54, 1.807) is 0 Å². The van der Waals surface area contributed by atoms with E-state index >= 15 is 0 Å². The third-order valence-corrected chi connectivity index (χ3v) is 2.86. The number of ketones is 1. The standard InChI is InChI=1S/C14H18O2/c1-14(2,3)13(15)11-8-4-6-10-7-5-9-16-12(10)11/h4,6,8H,5,7,9H2,1-3H3. The molecular weight excluding hydrogens is 200 g/mol. The molecule has 0 amide bonds. The summed E-state index contributed by atoms with van der Waals surface area (Å²) in [5.41, 5.74) is 1.56. The van der Waals surface area contributed by atoms with E-state index in [-0.39, 0.29) is 11.2 Å². The van der Waals surface area contributed by atoms with Crippen LogP contribution in [0.15, 0.2) is 18.2 Å². The third-order valence-electron chi connectivity index (χ3n) is 2.86. The molecular formula is C14H18O2. The number of Topliss-reactive ketones (excluding diaryl/α,β-unsaturated/α-hetero) is 1. The van der Waals surface area contributed by atoms with Gasteiger partial charge >= 0.3 is 0 Å². The van der Waals surface area contributed by atoms with Crippen LogP contribution in [0.4, 0.5) is 0 Å². The highest BCUT2D eigenvalue weighted by molar-refractivity contribution is 6.02. The summed E-state index contributed by atoms with van der Waals surface area (Å²) in [4.78, 5) is 12.3. The molecule has 1 aliphatic rings. The van der Waals surface area contributed by atoms with E-state index in [2.05, 4.69) is 0 Å². The Morgan fingerprint density at radius 2 is 2.06 bits per heavy atom. The minimum atomic E-state index is -0.351. The lowest BCUT2D eigenvalue weighted by Crippen LogP contribution is -2.22. The van der Waals surface area contributed by atoms with Crippen LogP contribution in [0.3, 0.4) is 0 Å². The van der Waals surface area contributed by atoms with Crippen LogP contribution < -0.4 is 4.74 Å². The number of hydrogen-bond acceptors (Lipinski definition) is 2. The van der Waals surface area contributed by atoms with Crippen LogP contribution in [0, 0.1) is 5.41 Å². The first kappa shape index (κ1) is 11.2. The maximum absolute atomic E-state index is 12.3. The van der Waals surface area contributed by atoms with Crippen LogP contribution in [0.2, 0.25) is 0 Å². The first-order valence-corrected chi connectivity index (χ1v) is 5.79. The molecule has 0 N–H and O–H groups in total. The fraction of sp³-hybridized carbons (Fsp3) is 0.500. The van der Waals surface area contributed by atoms with Crippen molar-refractivity contribution in [2.45, 2.75) is 33.6 Å². The highest BCUT2D eigenvalue weighted by atomic mass is 16.5. The maximum atomic E-state index is 12.3. The molecule has 16 heavy (non-hydrogen) atoms. The number of ether oxygens (including phenoxy) is 1. The smallest absolute Gasteiger partial charge is 0.171 e. The van der Waals surface area contributed by atoms with Gasteiger partial charge in [-0.1, -0.05) is 32.9 Å². The molecule has 86 valence electrons. The summed E-state index contributed by atoms with van der Waals surface area (Å²) in [6.07, 6.45) is 2.06. The zero-order valence-electron chi connectivity index (χ0n) is 10.2. The van der Waals surface area contributed by atoms with Gasteiger partial charge in [-0.3, -0.25) is 4.79 Å². The number of benzene rings is 1. The van der Waals surface area contributed by atoms with Crippen molar-refractivity contribution < 1.29 is 9.53 Å². The molecule has 2 nitrogen and oxygen atoms in total. The van der Waals surface area contributed by atoms with E-state index in [4.69, 9.17) is 4.74 Å². The topological polar surface area (TPSA) is 26.3 Å². The number of carbonyl (C=O) groups is 1. The molecule has 0 bridgehead atoms. The lowest BCUT2D eigenvalue weighted by Gasteiger charge is -2.23. The number of carbonyl (C=O) groups excluding carboxylic acids is 1. The zero-order chi connectivity index (χ0) is 11.8. The van der Waals surface area contributed by atoms with Crippen molar-refractivity contribution in [1.29, 1.82) is 0 Å². The fourth-order valence-electron chi connectivity index (χ4n) is 1.97. The van der Waals surface area contributed by atoms with Crippen molar-refractivity contribution in [2.75, 3.05) is 6.61 Å². The van der Waals surface area contributed by atoms with Crippen LogP contribution >= 0.6 is 0 Å². The monoisotopic (exact) mass is 218 g/mol. The second kappa shape index (κ2) is 3.93. The number of aryl methyl sites for hydroxylation is 1. The first-order valence-electron chi connectivity index (χ1n) is 5.79. The average Bonchev–Trinajstić information content (AvgIpc) is 2.26. The second-order valence-electron chi connectivity index (χ2n) is 5.32. The lowest BCUT2D eigenvalue weighted by molar-refractivity contribution is 0.0853. The van der Waals surface area contributed by atoms with Crippen LogP contribution in [0.5, 0.6) is 5.75 Å². The van der Waals surface area contributed by atoms with Gasteiger partial charge in [0.2, 0.25) is 0 Å². The van der Waals surface area contributed by atoms with Crippen LogP contribution in [-0.4, -0.2) is 12.4 Å². The van der Waals surface area contributed by atoms with E-state index in [0.29, 0.717) is 0 Å². The minimum Gasteiger partial charge on any atom is -0.493 e. The summed E-state index contributed by atoms with van der Waals surface area (Å²) < 4.78 is 5.65. The predicted molar refractivity (Wildman–Crippen MR) is 64.0 cm³/mol. The Morgan fingerprint density at radius 3 is 2.75 bits per heavy atom. The minimum absolute atomic E-state index is 0.159. The van der Waals surface area contributed by atoms with Crippen LogP contribution in [0.1, 0.15) is 43.1 Å². The first-order chi connectivity index (χ1) is 7.50. The number of para-hydroxylation sites is 1. The van der Waals surface area contributed by atoms with Gasteiger partial charge < -0.3 is 4.74 Å². The summed E-state index contributed by atoms with van der Waals surface area (Å²) >= 11 is 0. The third kappa shape index (κ3) is 1.97. The Kier molecular flexibility index (Phi) is 2.75. The van der Waals surface area contributed by atoms with Gasteiger partial charge in [-0.15, -0.1) is 0 Å². The van der Waals surface area contributed by atoms with Gasteiger partial charge in [0, 0.05) is 5.41 Å². The molecule has 0 unspecified atom stereocenters. The van der Waals surface area contributed by atoms with Crippen molar-refractivity contribution in [3.05, 3.63) is 29.3 Å². The van der Waals surface area contributed by atoms with Gasteiger partial charge in [0.05, 0.1) is 12.2 Å². The van der Waals surface area contributed by atoms with Gasteiger partial charge in [-0.25, -0.2) is 0 Å². The highest BCUT2D eigenvalue weighted by Crippen LogP contribution is 2.33. The molecule has 0 atom stereocenters. The Hall–Kier alpha value is -1.31. The van der Waals surface area contributed by atoms with Gasteiger partial charge in [0.15, 0.2) is 5.78 Å². The molecule has 0 saturated carbocycles. The second-order valence-corrected chi connectivity index (χ2v) is 5.32. The molecule has 0 radical (unpaired) electrons. The molecule has 1 aromatic carbocycles. The van der Waals surface area contributed by atoms with Crippen molar-refractivity contribution in [3.63, 3.8) is 0 Å². The Morgan fingerprint density at radius 1 is 1.31 bits per heavy atom. The highest BCUT2D eigenvalue weighted by Gasteiger charge is 2.27. The molecule has 0 aliphatic carbocycles. The number of hydrogen-bond donors (Lipinski definition) is 0. The van der Waals surface area contributed by atoms with E-state index in [1.165, 1.54) is 5.56 Å². The van der Waals surface area contributed by atoms with Crippen molar-refractivity contribution in [3.8, 4) is 5.75 Å². The molecule has 2 heteroatoms. The van der Waals surface area contributed by atoms with Crippen molar-refractivity contribution >= 4 is 5.78 Å². The Labute approximate surface area is 96.6 Å². The van der Waals surface area contributed by atoms with Crippen LogP contribution in [-0.2, 0) is 6.42 Å². The van der Waals surface area contributed by atoms with Gasteiger partial charge in [-0.05, 0) is 24.5 Å². The van der Waals surface area contributed by atoms with Gasteiger partial charge in [-0.2, -0.15) is 0 Å². The summed E-state index contributed by atoms with van der Waals surface area (Å²) in [6.45, 7) is 6.55. The average molecular weight is 218 g/mol. The van der Waals surface area contributed by atoms with E-state index in [1.807, 2.05) is 39.0 Å². The maximum Gasteiger partial charge on any atom is 0.171 e. The zero-order valence-corrected chi connectivity index (χ0v) is 10.2. The molecule has 1 aromatic rings. The van der Waals surface area contributed by atoms with E-state index in [9.17, 15) is 4.79 Å². The summed E-state index contributed by atoms with van der Waals surface area (Å²) in [5.74, 6) is 0.972. The van der Waals surface area contributed by atoms with E-state index in [0.717, 1.165) is 30.8 Å². The largest absolute Gasteiger partial charge is 0.493 e. The van der Waals surface area contributed by atoms with Crippen molar-refractivity contribution in [1.82, 2.24) is 0 Å². The summed E-state index contributed by atoms with van der Waals surface area (Å²) in [7, 11) is 0. The normalized spacial score (nSPS) is 15.2. The summed E-state index contributed by atoms with van der Waals surface area (Å²) in [5, 5.41) is 0. The van der Waals surface area contributed by atoms with Gasteiger partial charge in [0.25, 0.3) is 0 Å². The number of fused-ring (bicyclic) bond motifs is 1. The molecule has 1 aliphatic heterocycles. The van der Waals surface area contributed by atoms with Gasteiger partial charge in [0.1, 0.15) is 5.75 Å².